The van der Waals surface area contributed by atoms with E-state index in [-0.39, 0.29) is 5.91 Å². The molecule has 1 aromatic heterocycles. The van der Waals surface area contributed by atoms with Gasteiger partial charge in [0.2, 0.25) is 0 Å². The van der Waals surface area contributed by atoms with Crippen LogP contribution < -0.4 is 5.32 Å². The van der Waals surface area contributed by atoms with Gasteiger partial charge in [-0.25, -0.2) is 0 Å². The summed E-state index contributed by atoms with van der Waals surface area (Å²) in [5.74, 6) is -0.0856. The number of nitrogens with zero attached hydrogens (tertiary/aromatic N) is 1. The van der Waals surface area contributed by atoms with Crippen molar-refractivity contribution in [2.45, 2.75) is 13.3 Å². The van der Waals surface area contributed by atoms with Crippen molar-refractivity contribution in [1.82, 2.24) is 10.3 Å². The predicted molar refractivity (Wildman–Crippen MR) is 57.7 cm³/mol. The van der Waals surface area contributed by atoms with Crippen LogP contribution in [-0.2, 0) is 4.74 Å². The standard InChI is InChI=1S/C11H16N2O2/c1-2-8-15-9-7-13-11(14)10-3-5-12-6-4-10/h3-6H,2,7-9H2,1H3,(H,13,14). The first-order chi connectivity index (χ1) is 7.34. The first-order valence-electron chi connectivity index (χ1n) is 5.10. The van der Waals surface area contributed by atoms with Crippen LogP contribution in [0, 0.1) is 0 Å². The fourth-order valence-corrected chi connectivity index (χ4v) is 1.09. The van der Waals surface area contributed by atoms with Crippen LogP contribution in [0.2, 0.25) is 0 Å². The second-order valence-corrected chi connectivity index (χ2v) is 3.10. The molecule has 0 unspecified atom stereocenters. The molecule has 0 radical (unpaired) electrons. The fourth-order valence-electron chi connectivity index (χ4n) is 1.09. The molecule has 0 aliphatic carbocycles. The lowest BCUT2D eigenvalue weighted by atomic mass is 10.2. The van der Waals surface area contributed by atoms with Gasteiger partial charge in [0.1, 0.15) is 0 Å². The molecule has 0 aromatic carbocycles. The molecule has 0 spiro atoms. The van der Waals surface area contributed by atoms with Gasteiger partial charge in [0.05, 0.1) is 6.61 Å². The van der Waals surface area contributed by atoms with Crippen LogP contribution in [-0.4, -0.2) is 30.6 Å². The van der Waals surface area contributed by atoms with Crippen LogP contribution in [0.15, 0.2) is 24.5 Å². The first kappa shape index (κ1) is 11.7. The summed E-state index contributed by atoms with van der Waals surface area (Å²) in [6.45, 7) is 3.90. The van der Waals surface area contributed by atoms with Gasteiger partial charge in [0.25, 0.3) is 5.91 Å². The van der Waals surface area contributed by atoms with Crippen molar-refractivity contribution in [2.75, 3.05) is 19.8 Å². The van der Waals surface area contributed by atoms with Crippen molar-refractivity contribution >= 4 is 5.91 Å². The van der Waals surface area contributed by atoms with E-state index in [1.807, 2.05) is 0 Å². The molecule has 0 atom stereocenters. The number of hydrogen-bond donors (Lipinski definition) is 1. The van der Waals surface area contributed by atoms with Gasteiger partial charge in [-0.1, -0.05) is 6.92 Å². The maximum atomic E-state index is 11.5. The lowest BCUT2D eigenvalue weighted by Crippen LogP contribution is -2.27. The average molecular weight is 208 g/mol. The summed E-state index contributed by atoms with van der Waals surface area (Å²) in [4.78, 5) is 15.3. The zero-order valence-corrected chi connectivity index (χ0v) is 8.90. The molecule has 15 heavy (non-hydrogen) atoms. The SMILES string of the molecule is CCCOCCNC(=O)c1ccncc1. The van der Waals surface area contributed by atoms with Gasteiger partial charge in [0.15, 0.2) is 0 Å². The van der Waals surface area contributed by atoms with Gasteiger partial charge in [-0.05, 0) is 18.6 Å². The maximum absolute atomic E-state index is 11.5. The number of aromatic nitrogens is 1. The number of carbonyl (C=O) groups is 1. The van der Waals surface area contributed by atoms with E-state index >= 15 is 0 Å². The van der Waals surface area contributed by atoms with E-state index in [9.17, 15) is 4.79 Å². The summed E-state index contributed by atoms with van der Waals surface area (Å²) < 4.78 is 5.24. The quantitative estimate of drug-likeness (QED) is 0.715. The second kappa shape index (κ2) is 6.95. The predicted octanol–water partition coefficient (Wildman–Crippen LogP) is 1.24. The molecule has 0 saturated heterocycles. The van der Waals surface area contributed by atoms with E-state index in [0.717, 1.165) is 13.0 Å². The average Bonchev–Trinajstić information content (AvgIpc) is 2.30. The minimum Gasteiger partial charge on any atom is -0.380 e. The third-order valence-corrected chi connectivity index (χ3v) is 1.82. The van der Waals surface area contributed by atoms with Crippen LogP contribution in [0.25, 0.3) is 0 Å². The summed E-state index contributed by atoms with van der Waals surface area (Å²) >= 11 is 0. The second-order valence-electron chi connectivity index (χ2n) is 3.10. The summed E-state index contributed by atoms with van der Waals surface area (Å²) in [7, 11) is 0. The molecule has 0 aliphatic heterocycles. The van der Waals surface area contributed by atoms with E-state index in [2.05, 4.69) is 17.2 Å². The van der Waals surface area contributed by atoms with Crippen molar-refractivity contribution in [2.24, 2.45) is 0 Å². The molecule has 1 N–H and O–H groups in total. The van der Waals surface area contributed by atoms with E-state index in [1.165, 1.54) is 0 Å². The fraction of sp³-hybridized carbons (Fsp3) is 0.455. The van der Waals surface area contributed by atoms with Gasteiger partial charge in [0, 0.05) is 31.1 Å². The molecular formula is C11H16N2O2. The molecular weight excluding hydrogens is 192 g/mol. The van der Waals surface area contributed by atoms with Crippen molar-refractivity contribution in [3.8, 4) is 0 Å². The Morgan fingerprint density at radius 2 is 2.13 bits per heavy atom. The lowest BCUT2D eigenvalue weighted by Gasteiger charge is -2.05. The van der Waals surface area contributed by atoms with E-state index < -0.39 is 0 Å². The molecule has 0 fully saturated rings. The highest BCUT2D eigenvalue weighted by molar-refractivity contribution is 5.93. The normalized spacial score (nSPS) is 9.93. The minimum atomic E-state index is -0.0856. The number of pyridine rings is 1. The Balaban J connectivity index is 2.20. The van der Waals surface area contributed by atoms with Crippen molar-refractivity contribution in [3.63, 3.8) is 0 Å². The van der Waals surface area contributed by atoms with Gasteiger partial charge < -0.3 is 10.1 Å². The zero-order valence-electron chi connectivity index (χ0n) is 8.90. The Kier molecular flexibility index (Phi) is 5.40. The number of ether oxygens (including phenoxy) is 1. The largest absolute Gasteiger partial charge is 0.380 e. The summed E-state index contributed by atoms with van der Waals surface area (Å²) in [5.41, 5.74) is 0.625. The van der Waals surface area contributed by atoms with E-state index in [0.29, 0.717) is 18.7 Å². The van der Waals surface area contributed by atoms with E-state index in [4.69, 9.17) is 4.74 Å². The molecule has 4 nitrogen and oxygen atoms in total. The number of carbonyl (C=O) groups excluding carboxylic acids is 1. The molecule has 82 valence electrons. The number of nitrogens with one attached hydrogen (secondary N) is 1. The Morgan fingerprint density at radius 3 is 2.80 bits per heavy atom. The molecule has 0 saturated carbocycles. The summed E-state index contributed by atoms with van der Waals surface area (Å²) in [6.07, 6.45) is 4.20. The van der Waals surface area contributed by atoms with Gasteiger partial charge in [-0.15, -0.1) is 0 Å². The van der Waals surface area contributed by atoms with Crippen molar-refractivity contribution in [1.29, 1.82) is 0 Å². The third kappa shape index (κ3) is 4.56. The Hall–Kier alpha value is -1.42. The summed E-state index contributed by atoms with van der Waals surface area (Å²) in [5, 5.41) is 2.77. The highest BCUT2D eigenvalue weighted by Gasteiger charge is 2.02. The first-order valence-corrected chi connectivity index (χ1v) is 5.10. The van der Waals surface area contributed by atoms with Crippen LogP contribution in [0.5, 0.6) is 0 Å². The van der Waals surface area contributed by atoms with Crippen LogP contribution in [0.1, 0.15) is 23.7 Å². The molecule has 1 rings (SSSR count). The van der Waals surface area contributed by atoms with Crippen molar-refractivity contribution < 1.29 is 9.53 Å². The molecule has 1 heterocycles. The van der Waals surface area contributed by atoms with E-state index in [1.54, 1.807) is 24.5 Å². The molecule has 4 heteroatoms. The highest BCUT2D eigenvalue weighted by Crippen LogP contribution is 1.94. The van der Waals surface area contributed by atoms with Crippen LogP contribution >= 0.6 is 0 Å². The number of hydrogen-bond acceptors (Lipinski definition) is 3. The Labute approximate surface area is 89.7 Å². The van der Waals surface area contributed by atoms with Crippen LogP contribution in [0.4, 0.5) is 0 Å². The van der Waals surface area contributed by atoms with Gasteiger partial charge in [-0.3, -0.25) is 9.78 Å². The van der Waals surface area contributed by atoms with Gasteiger partial charge in [-0.2, -0.15) is 0 Å². The molecule has 1 amide bonds. The number of rotatable bonds is 6. The third-order valence-electron chi connectivity index (χ3n) is 1.82. The molecule has 1 aromatic rings. The van der Waals surface area contributed by atoms with Gasteiger partial charge >= 0.3 is 0 Å². The minimum absolute atomic E-state index is 0.0856. The molecule has 0 aliphatic rings. The summed E-state index contributed by atoms with van der Waals surface area (Å²) in [6, 6.07) is 3.37. The number of amides is 1. The smallest absolute Gasteiger partial charge is 0.251 e. The highest BCUT2D eigenvalue weighted by atomic mass is 16.5. The Morgan fingerprint density at radius 1 is 1.40 bits per heavy atom. The monoisotopic (exact) mass is 208 g/mol. The lowest BCUT2D eigenvalue weighted by molar-refractivity contribution is 0.0915. The zero-order chi connectivity index (χ0) is 10.9. The van der Waals surface area contributed by atoms with Crippen molar-refractivity contribution in [3.05, 3.63) is 30.1 Å². The Bertz CT molecular complexity index is 288. The van der Waals surface area contributed by atoms with Crippen LogP contribution in [0.3, 0.4) is 0 Å². The topological polar surface area (TPSA) is 51.2 Å². The molecule has 0 bridgehead atoms. The maximum Gasteiger partial charge on any atom is 0.251 e.